The summed E-state index contributed by atoms with van der Waals surface area (Å²) in [6.45, 7) is 3.98. The monoisotopic (exact) mass is 452 g/mol. The molecule has 0 radical (unpaired) electrons. The Morgan fingerprint density at radius 1 is 1.03 bits per heavy atom. The Balaban J connectivity index is 1.75. The number of benzene rings is 3. The van der Waals surface area contributed by atoms with Crippen molar-refractivity contribution in [1.29, 1.82) is 0 Å². The molecule has 6 nitrogen and oxygen atoms in total. The first-order chi connectivity index (χ1) is 15.3. The number of hydrogen-bond donors (Lipinski definition) is 1. The Kier molecular flexibility index (Phi) is 7.20. The van der Waals surface area contributed by atoms with Crippen LogP contribution in [0.1, 0.15) is 40.9 Å². The maximum atomic E-state index is 12.8. The molecule has 0 aromatic heterocycles. The van der Waals surface area contributed by atoms with Crippen LogP contribution in [0.15, 0.2) is 77.7 Å². The summed E-state index contributed by atoms with van der Waals surface area (Å²) < 4.78 is 32.1. The van der Waals surface area contributed by atoms with Gasteiger partial charge in [0.15, 0.2) is 0 Å². The van der Waals surface area contributed by atoms with Crippen molar-refractivity contribution in [1.82, 2.24) is 5.32 Å². The minimum absolute atomic E-state index is 0.145. The number of carbonyl (C=O) groups is 1. The molecular weight excluding hydrogens is 424 g/mol. The van der Waals surface area contributed by atoms with E-state index in [4.69, 9.17) is 4.74 Å². The van der Waals surface area contributed by atoms with E-state index in [1.807, 2.05) is 32.0 Å². The number of nitrogens with one attached hydrogen (secondary N) is 1. The second kappa shape index (κ2) is 9.87. The molecule has 0 saturated heterocycles. The summed E-state index contributed by atoms with van der Waals surface area (Å²) in [4.78, 5) is 13.0. The molecule has 7 heteroatoms. The molecule has 0 bridgehead atoms. The molecule has 0 heterocycles. The van der Waals surface area contributed by atoms with Crippen molar-refractivity contribution in [2.45, 2.75) is 31.2 Å². The first-order valence-electron chi connectivity index (χ1n) is 10.4. The molecule has 3 rings (SSSR count). The van der Waals surface area contributed by atoms with Gasteiger partial charge in [0, 0.05) is 12.6 Å². The van der Waals surface area contributed by atoms with E-state index in [9.17, 15) is 13.2 Å². The van der Waals surface area contributed by atoms with Gasteiger partial charge in [-0.1, -0.05) is 37.3 Å². The van der Waals surface area contributed by atoms with E-state index in [-0.39, 0.29) is 16.8 Å². The van der Waals surface area contributed by atoms with Crippen LogP contribution in [-0.2, 0) is 10.0 Å². The summed E-state index contributed by atoms with van der Waals surface area (Å²) in [5.74, 6) is 0.588. The summed E-state index contributed by atoms with van der Waals surface area (Å²) >= 11 is 0. The van der Waals surface area contributed by atoms with Crippen LogP contribution in [0.2, 0.25) is 0 Å². The molecule has 0 aliphatic carbocycles. The van der Waals surface area contributed by atoms with Crippen molar-refractivity contribution in [2.24, 2.45) is 0 Å². The summed E-state index contributed by atoms with van der Waals surface area (Å²) in [5, 5.41) is 3.06. The van der Waals surface area contributed by atoms with Gasteiger partial charge in [0.25, 0.3) is 15.9 Å². The highest BCUT2D eigenvalue weighted by molar-refractivity contribution is 7.92. The molecular formula is C25H28N2O4S. The minimum atomic E-state index is -3.67. The Morgan fingerprint density at radius 2 is 1.69 bits per heavy atom. The fourth-order valence-corrected chi connectivity index (χ4v) is 4.71. The number of hydrogen-bond acceptors (Lipinski definition) is 4. The van der Waals surface area contributed by atoms with Crippen LogP contribution in [0.4, 0.5) is 5.69 Å². The maximum Gasteiger partial charge on any atom is 0.264 e. The van der Waals surface area contributed by atoms with Crippen molar-refractivity contribution >= 4 is 21.6 Å². The molecule has 1 unspecified atom stereocenters. The molecule has 1 amide bonds. The number of methoxy groups -OCH3 is 1. The topological polar surface area (TPSA) is 75.7 Å². The summed E-state index contributed by atoms with van der Waals surface area (Å²) in [6, 6.07) is 20.5. The van der Waals surface area contributed by atoms with Crippen molar-refractivity contribution in [3.63, 3.8) is 0 Å². The Labute approximate surface area is 189 Å². The molecule has 0 spiro atoms. The number of anilines is 1. The van der Waals surface area contributed by atoms with Gasteiger partial charge in [0.1, 0.15) is 5.75 Å². The predicted octanol–water partition coefficient (Wildman–Crippen LogP) is 4.71. The van der Waals surface area contributed by atoms with Crippen molar-refractivity contribution in [3.05, 3.63) is 89.5 Å². The fraction of sp³-hybridized carbons (Fsp3) is 0.240. The zero-order valence-corrected chi connectivity index (χ0v) is 19.5. The summed E-state index contributed by atoms with van der Waals surface area (Å²) in [6.07, 6.45) is 0.730. The van der Waals surface area contributed by atoms with Gasteiger partial charge in [-0.2, -0.15) is 0 Å². The Bertz CT molecular complexity index is 1180. The van der Waals surface area contributed by atoms with Gasteiger partial charge in [0.2, 0.25) is 0 Å². The number of aryl methyl sites for hydroxylation is 1. The van der Waals surface area contributed by atoms with Crippen LogP contribution < -0.4 is 14.4 Å². The summed E-state index contributed by atoms with van der Waals surface area (Å²) in [7, 11) is -0.543. The molecule has 3 aromatic rings. The van der Waals surface area contributed by atoms with E-state index >= 15 is 0 Å². The average molecular weight is 453 g/mol. The van der Waals surface area contributed by atoms with Gasteiger partial charge >= 0.3 is 0 Å². The van der Waals surface area contributed by atoms with Crippen LogP contribution in [0.5, 0.6) is 5.75 Å². The fourth-order valence-electron chi connectivity index (χ4n) is 3.49. The molecule has 0 fully saturated rings. The van der Waals surface area contributed by atoms with Crippen molar-refractivity contribution in [2.75, 3.05) is 18.5 Å². The highest BCUT2D eigenvalue weighted by atomic mass is 32.2. The first kappa shape index (κ1) is 23.3. The third kappa shape index (κ3) is 4.94. The molecule has 0 saturated carbocycles. The number of rotatable bonds is 8. The van der Waals surface area contributed by atoms with Crippen molar-refractivity contribution < 1.29 is 17.9 Å². The molecule has 0 aliphatic rings. The molecule has 32 heavy (non-hydrogen) atoms. The molecule has 168 valence electrons. The lowest BCUT2D eigenvalue weighted by Gasteiger charge is -2.21. The molecule has 3 aromatic carbocycles. The van der Waals surface area contributed by atoms with Gasteiger partial charge in [-0.15, -0.1) is 0 Å². The van der Waals surface area contributed by atoms with Crippen molar-refractivity contribution in [3.8, 4) is 5.75 Å². The summed E-state index contributed by atoms with van der Waals surface area (Å²) in [5.41, 5.74) is 2.94. The number of carbonyl (C=O) groups excluding carboxylic acids is 1. The lowest BCUT2D eigenvalue weighted by atomic mass is 10.0. The number of sulfonamides is 1. The van der Waals surface area contributed by atoms with Crippen LogP contribution in [-0.4, -0.2) is 28.5 Å². The number of ether oxygens (including phenoxy) is 1. The normalized spacial score (nSPS) is 12.1. The second-order valence-corrected chi connectivity index (χ2v) is 9.47. The van der Waals surface area contributed by atoms with E-state index in [1.165, 1.54) is 11.4 Å². The van der Waals surface area contributed by atoms with Gasteiger partial charge in [0.05, 0.1) is 23.7 Å². The Morgan fingerprint density at radius 3 is 2.25 bits per heavy atom. The highest BCUT2D eigenvalue weighted by Crippen LogP contribution is 2.25. The largest absolute Gasteiger partial charge is 0.496 e. The number of nitrogens with zero attached hydrogens (tertiary/aromatic N) is 1. The SMILES string of the molecule is CCC(NC(=O)c1ccc(N(C)S(=O)(=O)c2ccccc2)cc1)c1ccc(OC)c(C)c1. The number of amides is 1. The lowest BCUT2D eigenvalue weighted by molar-refractivity contribution is 0.0935. The smallest absolute Gasteiger partial charge is 0.264 e. The van der Waals surface area contributed by atoms with E-state index in [0.29, 0.717) is 11.3 Å². The van der Waals surface area contributed by atoms with E-state index in [2.05, 4.69) is 5.32 Å². The predicted molar refractivity (Wildman–Crippen MR) is 127 cm³/mol. The highest BCUT2D eigenvalue weighted by Gasteiger charge is 2.21. The molecule has 0 aliphatic heterocycles. The lowest BCUT2D eigenvalue weighted by Crippen LogP contribution is -2.29. The molecule has 1 N–H and O–H groups in total. The zero-order chi connectivity index (χ0) is 23.3. The average Bonchev–Trinajstić information content (AvgIpc) is 2.82. The third-order valence-electron chi connectivity index (χ3n) is 5.43. The maximum absolute atomic E-state index is 12.8. The van der Waals surface area contributed by atoms with Crippen LogP contribution in [0.25, 0.3) is 0 Å². The minimum Gasteiger partial charge on any atom is -0.496 e. The van der Waals surface area contributed by atoms with Crippen LogP contribution in [0.3, 0.4) is 0 Å². The first-order valence-corrected chi connectivity index (χ1v) is 11.8. The van der Waals surface area contributed by atoms with E-state index in [1.54, 1.807) is 61.7 Å². The van der Waals surface area contributed by atoms with Crippen LogP contribution >= 0.6 is 0 Å². The van der Waals surface area contributed by atoms with Gasteiger partial charge < -0.3 is 10.1 Å². The van der Waals surface area contributed by atoms with Gasteiger partial charge in [-0.05, 0) is 66.9 Å². The van der Waals surface area contributed by atoms with Crippen LogP contribution in [0, 0.1) is 6.92 Å². The zero-order valence-electron chi connectivity index (χ0n) is 18.7. The van der Waals surface area contributed by atoms with E-state index in [0.717, 1.165) is 23.3 Å². The second-order valence-electron chi connectivity index (χ2n) is 7.50. The standard InChI is InChI=1S/C25H28N2O4S/c1-5-23(20-13-16-24(31-4)18(2)17-20)26-25(28)19-11-14-21(15-12-19)27(3)32(29,30)22-9-7-6-8-10-22/h6-17,23H,5H2,1-4H3,(H,26,28). The quantitative estimate of drug-likeness (QED) is 0.537. The van der Waals surface area contributed by atoms with Gasteiger partial charge in [-0.3, -0.25) is 9.10 Å². The molecule has 1 atom stereocenters. The van der Waals surface area contributed by atoms with E-state index < -0.39 is 10.0 Å². The third-order valence-corrected chi connectivity index (χ3v) is 7.23. The van der Waals surface area contributed by atoms with Gasteiger partial charge in [-0.25, -0.2) is 8.42 Å². The Hall–Kier alpha value is -3.32.